The first-order valence-electron chi connectivity index (χ1n) is 7.27. The Labute approximate surface area is 141 Å². The van der Waals surface area contributed by atoms with Gasteiger partial charge >= 0.3 is 0 Å². The van der Waals surface area contributed by atoms with Crippen molar-refractivity contribution in [1.82, 2.24) is 10.3 Å². The molecule has 2 heterocycles. The number of rotatable bonds is 5. The Kier molecular flexibility index (Phi) is 4.73. The van der Waals surface area contributed by atoms with E-state index in [1.165, 1.54) is 29.5 Å². The van der Waals surface area contributed by atoms with Crippen LogP contribution < -0.4 is 5.32 Å². The fourth-order valence-electron chi connectivity index (χ4n) is 2.18. The van der Waals surface area contributed by atoms with Crippen LogP contribution >= 0.6 is 11.3 Å². The number of amides is 1. The Hall–Kier alpha value is -2.51. The Bertz CT molecular complexity index is 859. The summed E-state index contributed by atoms with van der Waals surface area (Å²) in [5.41, 5.74) is 0.368. The average Bonchev–Trinajstić information content (AvgIpc) is 3.21. The number of aromatic nitrogens is 1. The summed E-state index contributed by atoms with van der Waals surface area (Å²) in [7, 11) is 0. The third kappa shape index (κ3) is 3.52. The highest BCUT2D eigenvalue weighted by Gasteiger charge is 2.17. The van der Waals surface area contributed by atoms with Crippen molar-refractivity contribution < 1.29 is 18.7 Å². The molecular weight excluding hydrogens is 331 g/mol. The monoisotopic (exact) mass is 346 g/mol. The summed E-state index contributed by atoms with van der Waals surface area (Å²) in [5.74, 6) is 0.418. The summed E-state index contributed by atoms with van der Waals surface area (Å²) < 4.78 is 19.1. The largest absolute Gasteiger partial charge is 0.459 e. The SMILES string of the molecule is Cc1ccc(-c2nc(C(=O)NCC(O)c3ccccc3F)cs2)o1. The molecule has 0 saturated carbocycles. The fourth-order valence-corrected chi connectivity index (χ4v) is 2.94. The van der Waals surface area contributed by atoms with Crippen molar-refractivity contribution in [3.8, 4) is 10.8 Å². The van der Waals surface area contributed by atoms with Crippen LogP contribution in [0.1, 0.15) is 27.9 Å². The summed E-state index contributed by atoms with van der Waals surface area (Å²) in [4.78, 5) is 16.3. The molecule has 3 aromatic rings. The lowest BCUT2D eigenvalue weighted by atomic mass is 10.1. The standard InChI is InChI=1S/C17H15FN2O3S/c1-10-6-7-15(23-10)17-20-13(9-24-17)16(22)19-8-14(21)11-4-2-3-5-12(11)18/h2-7,9,14,21H,8H2,1H3,(H,19,22). The van der Waals surface area contributed by atoms with Gasteiger partial charge in [0, 0.05) is 17.5 Å². The number of hydrogen-bond acceptors (Lipinski definition) is 5. The molecule has 1 aromatic carbocycles. The molecule has 0 aliphatic carbocycles. The van der Waals surface area contributed by atoms with E-state index in [2.05, 4.69) is 10.3 Å². The van der Waals surface area contributed by atoms with Crippen molar-refractivity contribution in [2.45, 2.75) is 13.0 Å². The van der Waals surface area contributed by atoms with E-state index in [0.29, 0.717) is 10.8 Å². The summed E-state index contributed by atoms with van der Waals surface area (Å²) in [6.07, 6.45) is -1.12. The number of carbonyl (C=O) groups excluding carboxylic acids is 1. The van der Waals surface area contributed by atoms with Crippen LogP contribution in [0.5, 0.6) is 0 Å². The second-order valence-electron chi connectivity index (χ2n) is 5.20. The number of furan rings is 1. The molecule has 0 radical (unpaired) electrons. The predicted molar refractivity (Wildman–Crippen MR) is 88.2 cm³/mol. The molecule has 1 amide bonds. The van der Waals surface area contributed by atoms with E-state index >= 15 is 0 Å². The summed E-state index contributed by atoms with van der Waals surface area (Å²) in [6.45, 7) is 1.72. The molecule has 0 aliphatic heterocycles. The highest BCUT2D eigenvalue weighted by atomic mass is 32.1. The lowest BCUT2D eigenvalue weighted by Gasteiger charge is -2.12. The van der Waals surface area contributed by atoms with Crippen LogP contribution in [-0.2, 0) is 0 Å². The Morgan fingerprint density at radius 1 is 1.38 bits per heavy atom. The third-order valence-electron chi connectivity index (χ3n) is 3.41. The van der Waals surface area contributed by atoms with Gasteiger partial charge in [-0.15, -0.1) is 11.3 Å². The predicted octanol–water partition coefficient (Wildman–Crippen LogP) is 3.31. The first-order valence-corrected chi connectivity index (χ1v) is 8.15. The van der Waals surface area contributed by atoms with Crippen molar-refractivity contribution >= 4 is 17.2 Å². The minimum atomic E-state index is -1.12. The maximum Gasteiger partial charge on any atom is 0.270 e. The van der Waals surface area contributed by atoms with E-state index < -0.39 is 17.8 Å². The second-order valence-corrected chi connectivity index (χ2v) is 6.05. The summed E-state index contributed by atoms with van der Waals surface area (Å²) >= 11 is 1.29. The van der Waals surface area contributed by atoms with Crippen molar-refractivity contribution in [3.05, 3.63) is 64.6 Å². The highest BCUT2D eigenvalue weighted by molar-refractivity contribution is 7.13. The molecule has 1 unspecified atom stereocenters. The lowest BCUT2D eigenvalue weighted by molar-refractivity contribution is 0.0910. The van der Waals surface area contributed by atoms with Crippen LogP contribution in [0.15, 0.2) is 46.2 Å². The molecule has 5 nitrogen and oxygen atoms in total. The van der Waals surface area contributed by atoms with Gasteiger partial charge in [-0.2, -0.15) is 0 Å². The van der Waals surface area contributed by atoms with Crippen LogP contribution in [-0.4, -0.2) is 22.5 Å². The zero-order chi connectivity index (χ0) is 17.1. The first kappa shape index (κ1) is 16.4. The number of benzene rings is 1. The van der Waals surface area contributed by atoms with Crippen molar-refractivity contribution in [1.29, 1.82) is 0 Å². The number of halogens is 1. The first-order chi connectivity index (χ1) is 11.5. The molecule has 7 heteroatoms. The van der Waals surface area contributed by atoms with Gasteiger partial charge in [0.2, 0.25) is 0 Å². The summed E-state index contributed by atoms with van der Waals surface area (Å²) in [5, 5.41) is 14.8. The Morgan fingerprint density at radius 3 is 2.88 bits per heavy atom. The van der Waals surface area contributed by atoms with Crippen molar-refractivity contribution in [2.75, 3.05) is 6.54 Å². The number of aryl methyl sites for hydroxylation is 1. The number of aliphatic hydroxyl groups is 1. The van der Waals surface area contributed by atoms with Crippen LogP contribution in [0, 0.1) is 12.7 Å². The molecule has 1 atom stereocenters. The number of nitrogens with one attached hydrogen (secondary N) is 1. The molecule has 0 spiro atoms. The molecule has 0 saturated heterocycles. The van der Waals surface area contributed by atoms with Crippen molar-refractivity contribution in [2.24, 2.45) is 0 Å². The van der Waals surface area contributed by atoms with Crippen LogP contribution in [0.2, 0.25) is 0 Å². The van der Waals surface area contributed by atoms with Gasteiger partial charge in [-0.3, -0.25) is 4.79 Å². The van der Waals surface area contributed by atoms with Gasteiger partial charge in [-0.1, -0.05) is 18.2 Å². The van der Waals surface area contributed by atoms with Gasteiger partial charge in [0.05, 0.1) is 6.10 Å². The normalized spacial score (nSPS) is 12.1. The molecule has 3 rings (SSSR count). The molecular formula is C17H15FN2O3S. The molecule has 124 valence electrons. The molecule has 2 aromatic heterocycles. The molecule has 0 aliphatic rings. The zero-order valence-electron chi connectivity index (χ0n) is 12.8. The van der Waals surface area contributed by atoms with Gasteiger partial charge in [0.25, 0.3) is 5.91 Å². The van der Waals surface area contributed by atoms with Crippen LogP contribution in [0.25, 0.3) is 10.8 Å². The maximum atomic E-state index is 13.6. The van der Waals surface area contributed by atoms with E-state index in [1.807, 2.05) is 13.0 Å². The second kappa shape index (κ2) is 6.94. The Balaban J connectivity index is 1.63. The number of aliphatic hydroxyl groups excluding tert-OH is 1. The van der Waals surface area contributed by atoms with Gasteiger partial charge in [0.15, 0.2) is 10.8 Å². The number of carbonyl (C=O) groups is 1. The van der Waals surface area contributed by atoms with Gasteiger partial charge in [-0.25, -0.2) is 9.37 Å². The highest BCUT2D eigenvalue weighted by Crippen LogP contribution is 2.25. The average molecular weight is 346 g/mol. The lowest BCUT2D eigenvalue weighted by Crippen LogP contribution is -2.28. The van der Waals surface area contributed by atoms with Crippen LogP contribution in [0.3, 0.4) is 0 Å². The molecule has 0 bridgehead atoms. The number of nitrogens with zero attached hydrogens (tertiary/aromatic N) is 1. The fraction of sp³-hybridized carbons (Fsp3) is 0.176. The number of hydrogen-bond donors (Lipinski definition) is 2. The topological polar surface area (TPSA) is 75.4 Å². The summed E-state index contributed by atoms with van der Waals surface area (Å²) in [6, 6.07) is 9.52. The van der Waals surface area contributed by atoms with E-state index in [0.717, 1.165) is 5.76 Å². The smallest absolute Gasteiger partial charge is 0.270 e. The molecule has 0 fully saturated rings. The van der Waals surface area contributed by atoms with E-state index in [9.17, 15) is 14.3 Å². The number of thiazole rings is 1. The van der Waals surface area contributed by atoms with Crippen molar-refractivity contribution in [3.63, 3.8) is 0 Å². The minimum Gasteiger partial charge on any atom is -0.459 e. The van der Waals surface area contributed by atoms with E-state index in [4.69, 9.17) is 4.42 Å². The van der Waals surface area contributed by atoms with Crippen LogP contribution in [0.4, 0.5) is 4.39 Å². The van der Waals surface area contributed by atoms with E-state index in [-0.39, 0.29) is 17.8 Å². The van der Waals surface area contributed by atoms with Gasteiger partial charge < -0.3 is 14.8 Å². The van der Waals surface area contributed by atoms with Gasteiger partial charge in [-0.05, 0) is 25.1 Å². The minimum absolute atomic E-state index is 0.105. The zero-order valence-corrected chi connectivity index (χ0v) is 13.6. The quantitative estimate of drug-likeness (QED) is 0.743. The molecule has 24 heavy (non-hydrogen) atoms. The molecule has 2 N–H and O–H groups in total. The third-order valence-corrected chi connectivity index (χ3v) is 4.27. The van der Waals surface area contributed by atoms with Gasteiger partial charge in [0.1, 0.15) is 17.3 Å². The maximum absolute atomic E-state index is 13.6. The Morgan fingerprint density at radius 2 is 2.17 bits per heavy atom. The van der Waals surface area contributed by atoms with E-state index in [1.54, 1.807) is 17.5 Å².